The summed E-state index contributed by atoms with van der Waals surface area (Å²) in [4.78, 5) is 3.74. The van der Waals surface area contributed by atoms with Crippen LogP contribution < -0.4 is 5.73 Å². The lowest BCUT2D eigenvalue weighted by molar-refractivity contribution is 0.548. The number of pyridine rings is 1. The lowest BCUT2D eigenvalue weighted by atomic mass is 10.1. The van der Waals surface area contributed by atoms with Gasteiger partial charge in [0, 0.05) is 6.04 Å². The molecule has 1 heterocycles. The Morgan fingerprint density at radius 1 is 1.50 bits per heavy atom. The van der Waals surface area contributed by atoms with Gasteiger partial charge in [0.15, 0.2) is 0 Å². The van der Waals surface area contributed by atoms with Gasteiger partial charge in [-0.2, -0.15) is 4.39 Å². The topological polar surface area (TPSA) is 38.9 Å². The van der Waals surface area contributed by atoms with Crippen LogP contribution in [-0.2, 0) is 0 Å². The van der Waals surface area contributed by atoms with Gasteiger partial charge in [0.05, 0.1) is 5.69 Å². The average molecular weight is 166 g/mol. The van der Waals surface area contributed by atoms with Crippen molar-refractivity contribution in [3.8, 4) is 0 Å². The molecule has 64 valence electrons. The predicted molar refractivity (Wildman–Crippen MR) is 43.8 cm³/mol. The van der Waals surface area contributed by atoms with Gasteiger partial charge in [0.25, 0.3) is 0 Å². The molecule has 1 saturated carbocycles. The van der Waals surface area contributed by atoms with E-state index in [0.717, 1.165) is 12.8 Å². The van der Waals surface area contributed by atoms with Crippen LogP contribution in [0.2, 0.25) is 0 Å². The average Bonchev–Trinajstić information content (AvgIpc) is 2.85. The van der Waals surface area contributed by atoms with Gasteiger partial charge in [0.2, 0.25) is 5.95 Å². The summed E-state index contributed by atoms with van der Waals surface area (Å²) in [5, 5.41) is 0. The SMILES string of the molecule is N[C@H](c1cccc(F)n1)C1CC1. The van der Waals surface area contributed by atoms with Crippen LogP contribution in [0.4, 0.5) is 4.39 Å². The van der Waals surface area contributed by atoms with E-state index in [4.69, 9.17) is 5.73 Å². The van der Waals surface area contributed by atoms with Crippen molar-refractivity contribution in [2.45, 2.75) is 18.9 Å². The van der Waals surface area contributed by atoms with Crippen molar-refractivity contribution >= 4 is 0 Å². The Morgan fingerprint density at radius 2 is 2.25 bits per heavy atom. The molecule has 0 bridgehead atoms. The lowest BCUT2D eigenvalue weighted by Crippen LogP contribution is -2.14. The second-order valence-corrected chi connectivity index (χ2v) is 3.25. The Morgan fingerprint density at radius 3 is 2.83 bits per heavy atom. The van der Waals surface area contributed by atoms with Crippen molar-refractivity contribution in [3.63, 3.8) is 0 Å². The molecule has 3 heteroatoms. The number of halogens is 1. The summed E-state index contributed by atoms with van der Waals surface area (Å²) in [7, 11) is 0. The van der Waals surface area contributed by atoms with E-state index in [1.54, 1.807) is 12.1 Å². The summed E-state index contributed by atoms with van der Waals surface area (Å²) in [6, 6.07) is 4.70. The quantitative estimate of drug-likeness (QED) is 0.678. The fourth-order valence-electron chi connectivity index (χ4n) is 1.31. The molecule has 0 spiro atoms. The monoisotopic (exact) mass is 166 g/mol. The van der Waals surface area contributed by atoms with Crippen molar-refractivity contribution in [3.05, 3.63) is 29.8 Å². The molecular weight excluding hydrogens is 155 g/mol. The predicted octanol–water partition coefficient (Wildman–Crippen LogP) is 1.63. The minimum atomic E-state index is -0.441. The Labute approximate surface area is 70.6 Å². The highest BCUT2D eigenvalue weighted by Gasteiger charge is 2.30. The van der Waals surface area contributed by atoms with Crippen LogP contribution in [-0.4, -0.2) is 4.98 Å². The van der Waals surface area contributed by atoms with Gasteiger partial charge in [-0.3, -0.25) is 0 Å². The van der Waals surface area contributed by atoms with E-state index in [1.165, 1.54) is 6.07 Å². The maximum absolute atomic E-state index is 12.6. The van der Waals surface area contributed by atoms with Gasteiger partial charge >= 0.3 is 0 Å². The number of aromatic nitrogens is 1. The number of nitrogens with two attached hydrogens (primary N) is 1. The Hall–Kier alpha value is -0.960. The van der Waals surface area contributed by atoms with Crippen LogP contribution in [0.1, 0.15) is 24.6 Å². The lowest BCUT2D eigenvalue weighted by Gasteiger charge is -2.08. The van der Waals surface area contributed by atoms with Crippen molar-refractivity contribution in [2.24, 2.45) is 11.7 Å². The molecule has 0 saturated heterocycles. The van der Waals surface area contributed by atoms with E-state index in [2.05, 4.69) is 4.98 Å². The smallest absolute Gasteiger partial charge is 0.213 e. The second-order valence-electron chi connectivity index (χ2n) is 3.25. The zero-order valence-electron chi connectivity index (χ0n) is 6.70. The largest absolute Gasteiger partial charge is 0.322 e. The van der Waals surface area contributed by atoms with E-state index in [-0.39, 0.29) is 6.04 Å². The first-order valence-electron chi connectivity index (χ1n) is 4.15. The highest BCUT2D eigenvalue weighted by Crippen LogP contribution is 2.38. The molecule has 2 nitrogen and oxygen atoms in total. The fraction of sp³-hybridized carbons (Fsp3) is 0.444. The molecule has 12 heavy (non-hydrogen) atoms. The molecule has 0 radical (unpaired) electrons. The van der Waals surface area contributed by atoms with E-state index >= 15 is 0 Å². The third-order valence-corrected chi connectivity index (χ3v) is 2.21. The third-order valence-electron chi connectivity index (χ3n) is 2.21. The van der Waals surface area contributed by atoms with Gasteiger partial charge in [0.1, 0.15) is 0 Å². The van der Waals surface area contributed by atoms with E-state index in [1.807, 2.05) is 0 Å². The molecule has 0 unspecified atom stereocenters. The zero-order chi connectivity index (χ0) is 8.55. The first kappa shape index (κ1) is 7.68. The minimum Gasteiger partial charge on any atom is -0.322 e. The molecule has 2 N–H and O–H groups in total. The van der Waals surface area contributed by atoms with Crippen LogP contribution in [0.25, 0.3) is 0 Å². The molecule has 1 atom stereocenters. The van der Waals surface area contributed by atoms with E-state index in [9.17, 15) is 4.39 Å². The van der Waals surface area contributed by atoms with Crippen LogP contribution in [0.3, 0.4) is 0 Å². The Bertz CT molecular complexity index is 284. The summed E-state index contributed by atoms with van der Waals surface area (Å²) >= 11 is 0. The fourth-order valence-corrected chi connectivity index (χ4v) is 1.31. The molecule has 2 rings (SSSR count). The first-order chi connectivity index (χ1) is 5.77. The number of hydrogen-bond acceptors (Lipinski definition) is 2. The molecule has 0 aliphatic heterocycles. The van der Waals surface area contributed by atoms with Crippen molar-refractivity contribution < 1.29 is 4.39 Å². The van der Waals surface area contributed by atoms with E-state index < -0.39 is 5.95 Å². The maximum atomic E-state index is 12.6. The molecule has 1 aliphatic rings. The molecule has 1 aromatic rings. The van der Waals surface area contributed by atoms with Gasteiger partial charge in [-0.1, -0.05) is 6.07 Å². The summed E-state index contributed by atoms with van der Waals surface area (Å²) in [5.74, 6) is 0.0860. The van der Waals surface area contributed by atoms with Gasteiger partial charge in [-0.25, -0.2) is 4.98 Å². The van der Waals surface area contributed by atoms with Gasteiger partial charge < -0.3 is 5.73 Å². The molecule has 1 aromatic heterocycles. The van der Waals surface area contributed by atoms with Crippen molar-refractivity contribution in [2.75, 3.05) is 0 Å². The second kappa shape index (κ2) is 2.83. The Kier molecular flexibility index (Phi) is 1.81. The summed E-state index contributed by atoms with van der Waals surface area (Å²) in [6.07, 6.45) is 2.30. The van der Waals surface area contributed by atoms with Crippen LogP contribution in [0.15, 0.2) is 18.2 Å². The molecule has 0 aromatic carbocycles. The minimum absolute atomic E-state index is 0.0688. The van der Waals surface area contributed by atoms with Crippen molar-refractivity contribution in [1.29, 1.82) is 0 Å². The zero-order valence-corrected chi connectivity index (χ0v) is 6.70. The Balaban J connectivity index is 2.20. The molecular formula is C9H11FN2. The van der Waals surface area contributed by atoms with Gasteiger partial charge in [-0.05, 0) is 30.9 Å². The standard InChI is InChI=1S/C9H11FN2/c10-8-3-1-2-7(12-8)9(11)6-4-5-6/h1-3,6,9H,4-5,11H2/t9-/m0/s1. The van der Waals surface area contributed by atoms with Crippen LogP contribution in [0, 0.1) is 11.9 Å². The molecule has 1 fully saturated rings. The third kappa shape index (κ3) is 1.46. The number of nitrogens with zero attached hydrogens (tertiary/aromatic N) is 1. The van der Waals surface area contributed by atoms with Crippen LogP contribution >= 0.6 is 0 Å². The summed E-state index contributed by atoms with van der Waals surface area (Å²) in [5.41, 5.74) is 6.52. The highest BCUT2D eigenvalue weighted by atomic mass is 19.1. The van der Waals surface area contributed by atoms with Crippen LogP contribution in [0.5, 0.6) is 0 Å². The van der Waals surface area contributed by atoms with Crippen molar-refractivity contribution in [1.82, 2.24) is 4.98 Å². The first-order valence-corrected chi connectivity index (χ1v) is 4.15. The summed E-state index contributed by atoms with van der Waals surface area (Å²) < 4.78 is 12.6. The van der Waals surface area contributed by atoms with Gasteiger partial charge in [-0.15, -0.1) is 0 Å². The van der Waals surface area contributed by atoms with E-state index in [0.29, 0.717) is 11.6 Å². The normalized spacial score (nSPS) is 19.2. The summed E-state index contributed by atoms with van der Waals surface area (Å²) in [6.45, 7) is 0. The highest BCUT2D eigenvalue weighted by molar-refractivity contribution is 5.11. The molecule has 0 amide bonds. The number of hydrogen-bond donors (Lipinski definition) is 1. The number of rotatable bonds is 2. The molecule has 1 aliphatic carbocycles. The maximum Gasteiger partial charge on any atom is 0.213 e.